The SMILES string of the molecule is Nc1cc(C2CCCCS2(=O)=O)nn1CCO. The van der Waals surface area contributed by atoms with E-state index in [1.165, 1.54) is 4.68 Å². The lowest BCUT2D eigenvalue weighted by Crippen LogP contribution is -2.22. The monoisotopic (exact) mass is 259 g/mol. The van der Waals surface area contributed by atoms with Crippen LogP contribution < -0.4 is 5.73 Å². The largest absolute Gasteiger partial charge is 0.394 e. The molecule has 1 fully saturated rings. The van der Waals surface area contributed by atoms with E-state index in [4.69, 9.17) is 10.8 Å². The lowest BCUT2D eigenvalue weighted by Gasteiger charge is -2.20. The standard InChI is InChI=1S/C10H17N3O3S/c11-10-7-8(12-13(10)4-5-14)9-3-1-2-6-17(9,15)16/h7,9,14H,1-6,11H2. The van der Waals surface area contributed by atoms with Crippen LogP contribution in [0.25, 0.3) is 0 Å². The van der Waals surface area contributed by atoms with Gasteiger partial charge in [-0.25, -0.2) is 13.1 Å². The minimum absolute atomic E-state index is 0.0667. The highest BCUT2D eigenvalue weighted by Crippen LogP contribution is 2.33. The highest BCUT2D eigenvalue weighted by atomic mass is 32.2. The van der Waals surface area contributed by atoms with Crippen molar-refractivity contribution in [2.75, 3.05) is 18.1 Å². The molecule has 0 saturated carbocycles. The molecule has 1 aliphatic heterocycles. The van der Waals surface area contributed by atoms with E-state index in [0.717, 1.165) is 12.8 Å². The van der Waals surface area contributed by atoms with Crippen LogP contribution in [0.4, 0.5) is 5.82 Å². The van der Waals surface area contributed by atoms with Crippen LogP contribution in [0.5, 0.6) is 0 Å². The molecule has 1 saturated heterocycles. The number of sulfone groups is 1. The fourth-order valence-corrected chi connectivity index (χ4v) is 4.07. The molecule has 0 aromatic carbocycles. The Morgan fingerprint density at radius 1 is 1.53 bits per heavy atom. The molecule has 0 radical (unpaired) electrons. The summed E-state index contributed by atoms with van der Waals surface area (Å²) < 4.78 is 25.3. The molecule has 1 aromatic rings. The molecule has 7 heteroatoms. The van der Waals surface area contributed by atoms with Crippen LogP contribution in [0.15, 0.2) is 6.07 Å². The van der Waals surface area contributed by atoms with E-state index in [2.05, 4.69) is 5.10 Å². The molecule has 17 heavy (non-hydrogen) atoms. The third-order valence-electron chi connectivity index (χ3n) is 3.05. The average Bonchev–Trinajstić information content (AvgIpc) is 2.60. The first-order valence-electron chi connectivity index (χ1n) is 5.70. The first kappa shape index (κ1) is 12.4. The molecule has 1 atom stereocenters. The maximum atomic E-state index is 11.9. The first-order valence-corrected chi connectivity index (χ1v) is 7.42. The summed E-state index contributed by atoms with van der Waals surface area (Å²) in [4.78, 5) is 0. The Morgan fingerprint density at radius 2 is 2.29 bits per heavy atom. The van der Waals surface area contributed by atoms with E-state index in [1.807, 2.05) is 0 Å². The number of aromatic nitrogens is 2. The van der Waals surface area contributed by atoms with Gasteiger partial charge in [-0.15, -0.1) is 0 Å². The fourth-order valence-electron chi connectivity index (χ4n) is 2.17. The molecule has 6 nitrogen and oxygen atoms in total. The molecule has 0 amide bonds. The van der Waals surface area contributed by atoms with Crippen molar-refractivity contribution in [1.82, 2.24) is 9.78 Å². The van der Waals surface area contributed by atoms with E-state index in [1.54, 1.807) is 6.07 Å². The zero-order valence-electron chi connectivity index (χ0n) is 9.54. The van der Waals surface area contributed by atoms with Gasteiger partial charge in [0.05, 0.1) is 24.6 Å². The van der Waals surface area contributed by atoms with E-state index in [-0.39, 0.29) is 12.4 Å². The van der Waals surface area contributed by atoms with E-state index in [9.17, 15) is 8.42 Å². The van der Waals surface area contributed by atoms with Crippen molar-refractivity contribution in [3.8, 4) is 0 Å². The van der Waals surface area contributed by atoms with Crippen LogP contribution in [-0.4, -0.2) is 35.7 Å². The van der Waals surface area contributed by atoms with E-state index in [0.29, 0.717) is 24.5 Å². The molecule has 0 bridgehead atoms. The highest BCUT2D eigenvalue weighted by molar-refractivity contribution is 7.91. The van der Waals surface area contributed by atoms with Gasteiger partial charge in [0.15, 0.2) is 9.84 Å². The average molecular weight is 259 g/mol. The summed E-state index contributed by atoms with van der Waals surface area (Å²) in [6.07, 6.45) is 2.24. The van der Waals surface area contributed by atoms with Gasteiger partial charge in [0.2, 0.25) is 0 Å². The quantitative estimate of drug-likeness (QED) is 0.802. The molecule has 1 aliphatic rings. The number of hydrogen-bond acceptors (Lipinski definition) is 5. The summed E-state index contributed by atoms with van der Waals surface area (Å²) in [5, 5.41) is 12.5. The number of aliphatic hydroxyl groups excluding tert-OH is 1. The maximum Gasteiger partial charge on any atom is 0.158 e. The van der Waals surface area contributed by atoms with Crippen LogP contribution in [0.3, 0.4) is 0 Å². The van der Waals surface area contributed by atoms with E-state index < -0.39 is 15.1 Å². The summed E-state index contributed by atoms with van der Waals surface area (Å²) in [5.74, 6) is 0.625. The Hall–Kier alpha value is -1.08. The Kier molecular flexibility index (Phi) is 3.39. The third-order valence-corrected chi connectivity index (χ3v) is 5.25. The summed E-state index contributed by atoms with van der Waals surface area (Å²) in [6.45, 7) is 0.224. The fraction of sp³-hybridized carbons (Fsp3) is 0.700. The Bertz CT molecular complexity index is 495. The second-order valence-electron chi connectivity index (χ2n) is 4.29. The lowest BCUT2D eigenvalue weighted by molar-refractivity contribution is 0.270. The Morgan fingerprint density at radius 3 is 2.94 bits per heavy atom. The van der Waals surface area contributed by atoms with Gasteiger partial charge in [0, 0.05) is 6.07 Å². The molecular weight excluding hydrogens is 242 g/mol. The number of nitrogen functional groups attached to an aromatic ring is 1. The summed E-state index contributed by atoms with van der Waals surface area (Å²) in [5.41, 5.74) is 6.23. The van der Waals surface area contributed by atoms with Crippen LogP contribution in [-0.2, 0) is 16.4 Å². The lowest BCUT2D eigenvalue weighted by atomic mass is 10.1. The van der Waals surface area contributed by atoms with Crippen molar-refractivity contribution in [2.45, 2.75) is 31.1 Å². The van der Waals surface area contributed by atoms with Crippen molar-refractivity contribution < 1.29 is 13.5 Å². The summed E-state index contributed by atoms with van der Waals surface area (Å²) >= 11 is 0. The first-order chi connectivity index (χ1) is 8.04. The molecule has 0 aliphatic carbocycles. The number of nitrogens with zero attached hydrogens (tertiary/aromatic N) is 2. The molecular formula is C10H17N3O3S. The maximum absolute atomic E-state index is 11.9. The van der Waals surface area contributed by atoms with Gasteiger partial charge in [0.25, 0.3) is 0 Å². The highest BCUT2D eigenvalue weighted by Gasteiger charge is 2.32. The zero-order chi connectivity index (χ0) is 12.5. The molecule has 0 spiro atoms. The molecule has 2 rings (SSSR count). The number of rotatable bonds is 3. The minimum Gasteiger partial charge on any atom is -0.394 e. The summed E-state index contributed by atoms with van der Waals surface area (Å²) in [7, 11) is -3.09. The smallest absolute Gasteiger partial charge is 0.158 e. The van der Waals surface area contributed by atoms with Crippen molar-refractivity contribution in [1.29, 1.82) is 0 Å². The predicted molar refractivity (Wildman–Crippen MR) is 64.1 cm³/mol. The number of hydrogen-bond donors (Lipinski definition) is 2. The number of nitrogens with two attached hydrogens (primary N) is 1. The van der Waals surface area contributed by atoms with Crippen molar-refractivity contribution in [2.24, 2.45) is 0 Å². The Balaban J connectivity index is 2.30. The molecule has 2 heterocycles. The van der Waals surface area contributed by atoms with Crippen molar-refractivity contribution in [3.05, 3.63) is 11.8 Å². The second-order valence-corrected chi connectivity index (χ2v) is 6.60. The van der Waals surface area contributed by atoms with Gasteiger partial charge in [-0.1, -0.05) is 6.42 Å². The minimum atomic E-state index is -3.09. The predicted octanol–water partition coefficient (Wildman–Crippen LogP) is 0.0974. The molecule has 1 aromatic heterocycles. The van der Waals surface area contributed by atoms with Gasteiger partial charge in [-0.05, 0) is 12.8 Å². The van der Waals surface area contributed by atoms with Crippen LogP contribution in [0.2, 0.25) is 0 Å². The Labute approximate surface area is 100 Å². The third kappa shape index (κ3) is 2.44. The molecule has 96 valence electrons. The van der Waals surface area contributed by atoms with Gasteiger partial charge >= 0.3 is 0 Å². The van der Waals surface area contributed by atoms with Gasteiger partial charge in [0.1, 0.15) is 11.1 Å². The van der Waals surface area contributed by atoms with Gasteiger partial charge < -0.3 is 10.8 Å². The van der Waals surface area contributed by atoms with Gasteiger partial charge in [-0.3, -0.25) is 0 Å². The van der Waals surface area contributed by atoms with Crippen LogP contribution in [0.1, 0.15) is 30.2 Å². The van der Waals surface area contributed by atoms with Crippen LogP contribution >= 0.6 is 0 Å². The molecule has 3 N–H and O–H groups in total. The topological polar surface area (TPSA) is 98.2 Å². The van der Waals surface area contributed by atoms with Gasteiger partial charge in [-0.2, -0.15) is 5.10 Å². The van der Waals surface area contributed by atoms with E-state index >= 15 is 0 Å². The van der Waals surface area contributed by atoms with Crippen molar-refractivity contribution >= 4 is 15.7 Å². The number of anilines is 1. The number of aliphatic hydroxyl groups is 1. The normalized spacial score (nSPS) is 23.7. The second kappa shape index (κ2) is 4.66. The molecule has 1 unspecified atom stereocenters. The summed E-state index contributed by atoms with van der Waals surface area (Å²) in [6, 6.07) is 1.60. The zero-order valence-corrected chi connectivity index (χ0v) is 10.4. The van der Waals surface area contributed by atoms with Crippen molar-refractivity contribution in [3.63, 3.8) is 0 Å². The van der Waals surface area contributed by atoms with Crippen LogP contribution in [0, 0.1) is 0 Å².